The molecule has 0 bridgehead atoms. The van der Waals surface area contributed by atoms with Crippen LogP contribution >= 0.6 is 0 Å². The standard InChI is InChI=1S/C15H19NO2/c1-10-8-14(13-4-6-16-7-5-13)9-11(2)15(10)18-12(3)17/h4,8-9,16H,5-7H2,1-3H3. The summed E-state index contributed by atoms with van der Waals surface area (Å²) in [6.45, 7) is 7.35. The van der Waals surface area contributed by atoms with Crippen molar-refractivity contribution >= 4 is 11.5 Å². The highest BCUT2D eigenvalue weighted by molar-refractivity contribution is 5.73. The van der Waals surface area contributed by atoms with Gasteiger partial charge in [0.05, 0.1) is 0 Å². The first-order valence-electron chi connectivity index (χ1n) is 6.27. The number of rotatable bonds is 2. The molecule has 0 amide bonds. The van der Waals surface area contributed by atoms with Crippen LogP contribution in [0.4, 0.5) is 0 Å². The van der Waals surface area contributed by atoms with Gasteiger partial charge in [-0.05, 0) is 61.2 Å². The second kappa shape index (κ2) is 5.36. The lowest BCUT2D eigenvalue weighted by molar-refractivity contribution is -0.131. The Kier molecular flexibility index (Phi) is 3.82. The van der Waals surface area contributed by atoms with Crippen LogP contribution < -0.4 is 10.1 Å². The molecule has 1 N–H and O–H groups in total. The van der Waals surface area contributed by atoms with Crippen molar-refractivity contribution in [1.29, 1.82) is 0 Å². The van der Waals surface area contributed by atoms with Crippen molar-refractivity contribution in [2.75, 3.05) is 13.1 Å². The molecule has 0 aliphatic carbocycles. The molecule has 2 rings (SSSR count). The van der Waals surface area contributed by atoms with E-state index in [-0.39, 0.29) is 5.97 Å². The quantitative estimate of drug-likeness (QED) is 0.643. The first kappa shape index (κ1) is 12.8. The first-order valence-corrected chi connectivity index (χ1v) is 6.27. The molecular formula is C15H19NO2. The van der Waals surface area contributed by atoms with E-state index in [0.29, 0.717) is 5.75 Å². The third-order valence-electron chi connectivity index (χ3n) is 3.14. The van der Waals surface area contributed by atoms with E-state index in [1.54, 1.807) is 0 Å². The Bertz CT molecular complexity index is 480. The number of carbonyl (C=O) groups is 1. The van der Waals surface area contributed by atoms with E-state index in [1.807, 2.05) is 13.8 Å². The first-order chi connectivity index (χ1) is 8.58. The Hall–Kier alpha value is -1.61. The minimum atomic E-state index is -0.268. The van der Waals surface area contributed by atoms with Crippen LogP contribution in [0.3, 0.4) is 0 Å². The topological polar surface area (TPSA) is 38.3 Å². The van der Waals surface area contributed by atoms with E-state index in [4.69, 9.17) is 4.74 Å². The van der Waals surface area contributed by atoms with E-state index >= 15 is 0 Å². The second-order valence-electron chi connectivity index (χ2n) is 4.72. The van der Waals surface area contributed by atoms with Gasteiger partial charge in [0.15, 0.2) is 0 Å². The van der Waals surface area contributed by atoms with Crippen molar-refractivity contribution in [3.63, 3.8) is 0 Å². The second-order valence-corrected chi connectivity index (χ2v) is 4.72. The highest BCUT2D eigenvalue weighted by Gasteiger charge is 2.12. The van der Waals surface area contributed by atoms with E-state index in [1.165, 1.54) is 18.1 Å². The number of aryl methyl sites for hydroxylation is 2. The molecule has 96 valence electrons. The van der Waals surface area contributed by atoms with Crippen molar-refractivity contribution in [1.82, 2.24) is 5.32 Å². The lowest BCUT2D eigenvalue weighted by Gasteiger charge is -2.17. The van der Waals surface area contributed by atoms with Crippen molar-refractivity contribution in [3.8, 4) is 5.75 Å². The maximum absolute atomic E-state index is 11.1. The lowest BCUT2D eigenvalue weighted by Crippen LogP contribution is -2.20. The minimum absolute atomic E-state index is 0.268. The van der Waals surface area contributed by atoms with Crippen molar-refractivity contribution < 1.29 is 9.53 Å². The third kappa shape index (κ3) is 2.79. The van der Waals surface area contributed by atoms with E-state index in [2.05, 4.69) is 23.5 Å². The molecule has 1 aliphatic rings. The Morgan fingerprint density at radius 1 is 1.28 bits per heavy atom. The molecule has 0 spiro atoms. The highest BCUT2D eigenvalue weighted by Crippen LogP contribution is 2.29. The molecule has 0 aromatic heterocycles. The summed E-state index contributed by atoms with van der Waals surface area (Å²) >= 11 is 0. The van der Waals surface area contributed by atoms with Crippen LogP contribution in [0.15, 0.2) is 18.2 Å². The van der Waals surface area contributed by atoms with Gasteiger partial charge in [-0.15, -0.1) is 0 Å². The van der Waals surface area contributed by atoms with Gasteiger partial charge in [0.2, 0.25) is 0 Å². The van der Waals surface area contributed by atoms with Gasteiger partial charge in [-0.1, -0.05) is 6.08 Å². The Labute approximate surface area is 108 Å². The molecule has 1 aromatic carbocycles. The van der Waals surface area contributed by atoms with E-state index in [0.717, 1.165) is 30.6 Å². The lowest BCUT2D eigenvalue weighted by atomic mass is 9.96. The molecule has 1 aromatic rings. The molecule has 0 saturated carbocycles. The number of nitrogens with one attached hydrogen (secondary N) is 1. The van der Waals surface area contributed by atoms with Crippen LogP contribution in [0.5, 0.6) is 5.75 Å². The van der Waals surface area contributed by atoms with E-state index in [9.17, 15) is 4.79 Å². The Balaban J connectivity index is 2.35. The fourth-order valence-corrected chi connectivity index (χ4v) is 2.33. The summed E-state index contributed by atoms with van der Waals surface area (Å²) in [6, 6.07) is 4.20. The van der Waals surface area contributed by atoms with Gasteiger partial charge in [0, 0.05) is 13.5 Å². The summed E-state index contributed by atoms with van der Waals surface area (Å²) in [4.78, 5) is 11.1. The van der Waals surface area contributed by atoms with Crippen molar-refractivity contribution in [2.24, 2.45) is 0 Å². The number of hydrogen-bond acceptors (Lipinski definition) is 3. The zero-order chi connectivity index (χ0) is 13.1. The molecular weight excluding hydrogens is 226 g/mol. The molecule has 0 unspecified atom stereocenters. The minimum Gasteiger partial charge on any atom is -0.426 e. The van der Waals surface area contributed by atoms with Crippen LogP contribution in [0.2, 0.25) is 0 Å². The summed E-state index contributed by atoms with van der Waals surface area (Å²) in [5.41, 5.74) is 4.64. The van der Waals surface area contributed by atoms with Crippen LogP contribution in [0, 0.1) is 13.8 Å². The van der Waals surface area contributed by atoms with Gasteiger partial charge in [0.1, 0.15) is 5.75 Å². The number of esters is 1. The average Bonchev–Trinajstić information content (AvgIpc) is 2.34. The molecule has 0 radical (unpaired) electrons. The number of ether oxygens (including phenoxy) is 1. The fourth-order valence-electron chi connectivity index (χ4n) is 2.33. The van der Waals surface area contributed by atoms with E-state index < -0.39 is 0 Å². The molecule has 3 nitrogen and oxygen atoms in total. The van der Waals surface area contributed by atoms with Crippen LogP contribution in [0.1, 0.15) is 30.0 Å². The van der Waals surface area contributed by atoms with Crippen molar-refractivity contribution in [3.05, 3.63) is 34.9 Å². The number of benzene rings is 1. The maximum atomic E-state index is 11.1. The van der Waals surface area contributed by atoms with Gasteiger partial charge < -0.3 is 10.1 Å². The summed E-state index contributed by atoms with van der Waals surface area (Å²) in [7, 11) is 0. The Morgan fingerprint density at radius 2 is 1.94 bits per heavy atom. The maximum Gasteiger partial charge on any atom is 0.308 e. The molecule has 0 fully saturated rings. The summed E-state index contributed by atoms with van der Waals surface area (Å²) < 4.78 is 5.25. The van der Waals surface area contributed by atoms with Gasteiger partial charge in [-0.3, -0.25) is 4.79 Å². The van der Waals surface area contributed by atoms with Crippen LogP contribution in [-0.4, -0.2) is 19.1 Å². The molecule has 0 saturated heterocycles. The average molecular weight is 245 g/mol. The zero-order valence-electron chi connectivity index (χ0n) is 11.2. The largest absolute Gasteiger partial charge is 0.426 e. The zero-order valence-corrected chi connectivity index (χ0v) is 11.2. The van der Waals surface area contributed by atoms with Gasteiger partial charge >= 0.3 is 5.97 Å². The van der Waals surface area contributed by atoms with Crippen LogP contribution in [0.25, 0.3) is 5.57 Å². The Morgan fingerprint density at radius 3 is 2.44 bits per heavy atom. The predicted molar refractivity (Wildman–Crippen MR) is 72.7 cm³/mol. The summed E-state index contributed by atoms with van der Waals surface area (Å²) in [5, 5.41) is 3.31. The van der Waals surface area contributed by atoms with Gasteiger partial charge in [-0.2, -0.15) is 0 Å². The molecule has 0 atom stereocenters. The van der Waals surface area contributed by atoms with Crippen molar-refractivity contribution in [2.45, 2.75) is 27.2 Å². The number of carbonyl (C=O) groups excluding carboxylic acids is 1. The van der Waals surface area contributed by atoms with Gasteiger partial charge in [-0.25, -0.2) is 0 Å². The predicted octanol–water partition coefficient (Wildman–Crippen LogP) is 2.61. The normalized spacial score (nSPS) is 15.2. The number of hydrogen-bond donors (Lipinski definition) is 1. The smallest absolute Gasteiger partial charge is 0.308 e. The molecule has 1 heterocycles. The molecule has 18 heavy (non-hydrogen) atoms. The summed E-state index contributed by atoms with van der Waals surface area (Å²) in [5.74, 6) is 0.427. The monoisotopic (exact) mass is 245 g/mol. The van der Waals surface area contributed by atoms with Crippen LogP contribution in [-0.2, 0) is 4.79 Å². The highest BCUT2D eigenvalue weighted by atomic mass is 16.5. The summed E-state index contributed by atoms with van der Waals surface area (Å²) in [6.07, 6.45) is 3.27. The molecule has 3 heteroatoms. The molecule has 1 aliphatic heterocycles. The fraction of sp³-hybridized carbons (Fsp3) is 0.400. The third-order valence-corrected chi connectivity index (χ3v) is 3.14. The van der Waals surface area contributed by atoms with Gasteiger partial charge in [0.25, 0.3) is 0 Å². The SMILES string of the molecule is CC(=O)Oc1c(C)cc(C2=CCNCC2)cc1C.